The van der Waals surface area contributed by atoms with Gasteiger partial charge in [-0.2, -0.15) is 4.99 Å². The van der Waals surface area contributed by atoms with Crippen LogP contribution >= 0.6 is 11.6 Å². The fourth-order valence-corrected chi connectivity index (χ4v) is 2.78. The van der Waals surface area contributed by atoms with Gasteiger partial charge in [0.25, 0.3) is 0 Å². The van der Waals surface area contributed by atoms with Crippen LogP contribution in [-0.4, -0.2) is 24.7 Å². The van der Waals surface area contributed by atoms with Gasteiger partial charge in [-0.3, -0.25) is 0 Å². The number of nitrogens with zero attached hydrogens (tertiary/aromatic N) is 1. The molecule has 2 aromatic carbocycles. The van der Waals surface area contributed by atoms with E-state index in [1.807, 2.05) is 24.3 Å². The Morgan fingerprint density at radius 1 is 1.27 bits per heavy atom. The summed E-state index contributed by atoms with van der Waals surface area (Å²) in [4.78, 5) is 25.6. The van der Waals surface area contributed by atoms with Crippen LogP contribution in [0.5, 0.6) is 0 Å². The third-order valence-electron chi connectivity index (χ3n) is 3.90. The highest BCUT2D eigenvalue weighted by Gasteiger charge is 2.18. The van der Waals surface area contributed by atoms with Crippen molar-refractivity contribution >= 4 is 23.7 Å². The smallest absolute Gasteiger partial charge is 0.331 e. The number of aryl methyl sites for hydroxylation is 1. The van der Waals surface area contributed by atoms with Gasteiger partial charge in [0, 0.05) is 10.6 Å². The summed E-state index contributed by atoms with van der Waals surface area (Å²) in [6, 6.07) is 11.1. The standard InChI is InChI=1S/C20H19ClFNO3/c1-2-26-20(25)19(23-13-24)5-3-4-14-6-8-15(9-7-14)17-12-16(21)10-11-18(17)22/h6-12,19H,2-5H2,1H3. The molecule has 0 aliphatic heterocycles. The first-order valence-corrected chi connectivity index (χ1v) is 8.71. The second-order valence-electron chi connectivity index (χ2n) is 5.70. The highest BCUT2D eigenvalue weighted by atomic mass is 35.5. The van der Waals surface area contributed by atoms with Crippen molar-refractivity contribution in [2.75, 3.05) is 6.61 Å². The lowest BCUT2D eigenvalue weighted by Gasteiger charge is -2.10. The lowest BCUT2D eigenvalue weighted by Crippen LogP contribution is -2.21. The molecular weight excluding hydrogens is 357 g/mol. The molecule has 136 valence electrons. The molecule has 0 spiro atoms. The summed E-state index contributed by atoms with van der Waals surface area (Å²) < 4.78 is 18.8. The molecule has 1 atom stereocenters. The molecule has 0 aliphatic rings. The SMILES string of the molecule is CCOC(=O)C(CCCc1ccc(-c2cc(Cl)ccc2F)cc1)N=C=O. The van der Waals surface area contributed by atoms with Crippen LogP contribution in [0.15, 0.2) is 47.5 Å². The highest BCUT2D eigenvalue weighted by Crippen LogP contribution is 2.26. The van der Waals surface area contributed by atoms with Gasteiger partial charge in [0.2, 0.25) is 6.08 Å². The average molecular weight is 376 g/mol. The van der Waals surface area contributed by atoms with Crippen LogP contribution in [0, 0.1) is 5.82 Å². The maximum absolute atomic E-state index is 13.9. The molecule has 0 fully saturated rings. The molecule has 26 heavy (non-hydrogen) atoms. The van der Waals surface area contributed by atoms with Crippen LogP contribution in [0.4, 0.5) is 4.39 Å². The van der Waals surface area contributed by atoms with E-state index in [2.05, 4.69) is 4.99 Å². The fourth-order valence-electron chi connectivity index (χ4n) is 2.61. The number of esters is 1. The Labute approximate surface area is 156 Å². The molecule has 6 heteroatoms. The zero-order valence-corrected chi connectivity index (χ0v) is 15.1. The molecular formula is C20H19ClFNO3. The van der Waals surface area contributed by atoms with Crippen LogP contribution in [0.3, 0.4) is 0 Å². The van der Waals surface area contributed by atoms with Crippen molar-refractivity contribution in [3.8, 4) is 11.1 Å². The molecule has 0 heterocycles. The van der Waals surface area contributed by atoms with E-state index in [1.54, 1.807) is 13.0 Å². The number of benzene rings is 2. The molecule has 0 saturated heterocycles. The molecule has 2 aromatic rings. The van der Waals surface area contributed by atoms with Crippen LogP contribution in [0.2, 0.25) is 5.02 Å². The van der Waals surface area contributed by atoms with Gasteiger partial charge in [0.05, 0.1) is 6.61 Å². The van der Waals surface area contributed by atoms with Gasteiger partial charge in [-0.25, -0.2) is 14.0 Å². The number of carbonyl (C=O) groups is 1. The number of hydrogen-bond donors (Lipinski definition) is 0. The molecule has 4 nitrogen and oxygen atoms in total. The fraction of sp³-hybridized carbons (Fsp3) is 0.300. The molecule has 0 bridgehead atoms. The molecule has 1 unspecified atom stereocenters. The van der Waals surface area contributed by atoms with E-state index < -0.39 is 12.0 Å². The maximum atomic E-state index is 13.9. The Bertz CT molecular complexity index is 801. The van der Waals surface area contributed by atoms with Gasteiger partial charge >= 0.3 is 5.97 Å². The Hall–Kier alpha value is -2.49. The van der Waals surface area contributed by atoms with E-state index in [-0.39, 0.29) is 12.4 Å². The predicted octanol–water partition coefficient (Wildman–Crippen LogP) is 4.74. The van der Waals surface area contributed by atoms with E-state index in [4.69, 9.17) is 16.3 Å². The third kappa shape index (κ3) is 5.51. The van der Waals surface area contributed by atoms with Gasteiger partial charge in [0.15, 0.2) is 6.04 Å². The molecule has 0 aliphatic carbocycles. The summed E-state index contributed by atoms with van der Waals surface area (Å²) >= 11 is 5.93. The van der Waals surface area contributed by atoms with Crippen LogP contribution in [0.25, 0.3) is 11.1 Å². The number of isocyanates is 1. The van der Waals surface area contributed by atoms with Gasteiger partial charge in [-0.1, -0.05) is 35.9 Å². The lowest BCUT2D eigenvalue weighted by molar-refractivity contribution is -0.144. The van der Waals surface area contributed by atoms with Crippen molar-refractivity contribution in [2.24, 2.45) is 4.99 Å². The summed E-state index contributed by atoms with van der Waals surface area (Å²) in [5.41, 5.74) is 2.23. The molecule has 2 rings (SSSR count). The molecule has 0 saturated carbocycles. The Morgan fingerprint density at radius 3 is 2.65 bits per heavy atom. The Morgan fingerprint density at radius 2 is 2.00 bits per heavy atom. The quantitative estimate of drug-likeness (QED) is 0.380. The molecule has 0 aromatic heterocycles. The number of ether oxygens (including phenoxy) is 1. The summed E-state index contributed by atoms with van der Waals surface area (Å²) in [6.07, 6.45) is 3.17. The van der Waals surface area contributed by atoms with E-state index in [1.165, 1.54) is 18.2 Å². The third-order valence-corrected chi connectivity index (χ3v) is 4.14. The first-order valence-electron chi connectivity index (χ1n) is 8.33. The number of hydrogen-bond acceptors (Lipinski definition) is 4. The van der Waals surface area contributed by atoms with Crippen LogP contribution < -0.4 is 0 Å². The number of rotatable bonds is 8. The first-order chi connectivity index (χ1) is 12.5. The van der Waals surface area contributed by atoms with Crippen molar-refractivity contribution in [1.29, 1.82) is 0 Å². The van der Waals surface area contributed by atoms with Crippen LogP contribution in [-0.2, 0) is 20.7 Å². The van der Waals surface area contributed by atoms with E-state index in [9.17, 15) is 14.0 Å². The van der Waals surface area contributed by atoms with Crippen molar-refractivity contribution < 1.29 is 18.7 Å². The topological polar surface area (TPSA) is 55.7 Å². The minimum Gasteiger partial charge on any atom is -0.464 e. The highest BCUT2D eigenvalue weighted by molar-refractivity contribution is 6.30. The van der Waals surface area contributed by atoms with Gasteiger partial charge < -0.3 is 4.74 Å². The van der Waals surface area contributed by atoms with Crippen molar-refractivity contribution in [1.82, 2.24) is 0 Å². The Kier molecular flexibility index (Phi) is 7.52. The first kappa shape index (κ1) is 19.8. The number of halogens is 2. The molecule has 0 amide bonds. The zero-order valence-electron chi connectivity index (χ0n) is 14.4. The van der Waals surface area contributed by atoms with Gasteiger partial charge in [-0.15, -0.1) is 0 Å². The largest absolute Gasteiger partial charge is 0.464 e. The summed E-state index contributed by atoms with van der Waals surface area (Å²) in [5, 5.41) is 0.478. The summed E-state index contributed by atoms with van der Waals surface area (Å²) in [5.74, 6) is -0.839. The van der Waals surface area contributed by atoms with Crippen molar-refractivity contribution in [2.45, 2.75) is 32.2 Å². The van der Waals surface area contributed by atoms with E-state index in [0.717, 1.165) is 11.1 Å². The minimum absolute atomic E-state index is 0.241. The van der Waals surface area contributed by atoms with Crippen molar-refractivity contribution in [3.05, 3.63) is 58.9 Å². The number of aliphatic imine (C=N–C) groups is 1. The predicted molar refractivity (Wildman–Crippen MR) is 98.3 cm³/mol. The normalized spacial score (nSPS) is 11.5. The average Bonchev–Trinajstić information content (AvgIpc) is 2.64. The van der Waals surface area contributed by atoms with E-state index >= 15 is 0 Å². The van der Waals surface area contributed by atoms with E-state index in [0.29, 0.717) is 29.8 Å². The number of carbonyl (C=O) groups excluding carboxylic acids is 2. The maximum Gasteiger partial charge on any atom is 0.331 e. The lowest BCUT2D eigenvalue weighted by atomic mass is 10.0. The zero-order chi connectivity index (χ0) is 18.9. The van der Waals surface area contributed by atoms with Crippen molar-refractivity contribution in [3.63, 3.8) is 0 Å². The monoisotopic (exact) mass is 375 g/mol. The molecule has 0 N–H and O–H groups in total. The Balaban J connectivity index is 1.98. The second kappa shape index (κ2) is 9.85. The van der Waals surface area contributed by atoms with Gasteiger partial charge in [-0.05, 0) is 55.5 Å². The summed E-state index contributed by atoms with van der Waals surface area (Å²) in [6.45, 7) is 1.94. The summed E-state index contributed by atoms with van der Waals surface area (Å²) in [7, 11) is 0. The second-order valence-corrected chi connectivity index (χ2v) is 6.14. The minimum atomic E-state index is -0.813. The van der Waals surface area contributed by atoms with Crippen LogP contribution in [0.1, 0.15) is 25.3 Å². The van der Waals surface area contributed by atoms with Gasteiger partial charge in [0.1, 0.15) is 5.82 Å². The molecule has 0 radical (unpaired) electrons.